The fraction of sp³-hybridized carbons (Fsp3) is 0.921. The second-order valence-corrected chi connectivity index (χ2v) is 13.9. The second kappa shape index (κ2) is 35.3. The van der Waals surface area contributed by atoms with Crippen LogP contribution in [0.4, 0.5) is 9.59 Å². The summed E-state index contributed by atoms with van der Waals surface area (Å²) in [6.07, 6.45) is 28.5. The van der Waals surface area contributed by atoms with E-state index in [1.54, 1.807) is 0 Å². The zero-order chi connectivity index (χ0) is 37.1. The molecule has 0 aromatic rings. The number of ether oxygens (including phenoxy) is 3. The van der Waals surface area contributed by atoms with Gasteiger partial charge in [0.2, 0.25) is 0 Å². The summed E-state index contributed by atoms with van der Waals surface area (Å²) < 4.78 is 17.8. The first-order chi connectivity index (χ1) is 24.2. The first kappa shape index (κ1) is 47.8. The van der Waals surface area contributed by atoms with Gasteiger partial charge in [-0.15, -0.1) is 0 Å². The lowest BCUT2D eigenvalue weighted by Crippen LogP contribution is -2.51. The van der Waals surface area contributed by atoms with Crippen molar-refractivity contribution in [2.75, 3.05) is 26.4 Å². The van der Waals surface area contributed by atoms with Gasteiger partial charge in [-0.2, -0.15) is 0 Å². The number of hydrazine groups is 2. The molecule has 0 aromatic carbocycles. The highest BCUT2D eigenvalue weighted by molar-refractivity contribution is 5.71. The van der Waals surface area contributed by atoms with Crippen LogP contribution < -0.4 is 23.2 Å². The Hall–Kier alpha value is -2.15. The molecular weight excluding hydrogens is 636 g/mol. The van der Waals surface area contributed by atoms with E-state index in [1.165, 1.54) is 96.3 Å². The summed E-state index contributed by atoms with van der Waals surface area (Å²) in [6, 6.07) is -1.90. The fourth-order valence-electron chi connectivity index (χ4n) is 5.92. The van der Waals surface area contributed by atoms with Gasteiger partial charge in [0.05, 0.1) is 19.3 Å². The molecule has 0 aliphatic rings. The van der Waals surface area contributed by atoms with Crippen molar-refractivity contribution >= 4 is 18.0 Å². The van der Waals surface area contributed by atoms with Crippen LogP contribution in [0.3, 0.4) is 0 Å². The monoisotopic (exact) mass is 715 g/mol. The van der Waals surface area contributed by atoms with E-state index < -0.39 is 24.4 Å². The number of urea groups is 2. The minimum absolute atomic E-state index is 0.102. The number of hydrogen-bond donors (Lipinski definition) is 4. The molecule has 0 radical (unpaired) electrons. The molecule has 2 unspecified atom stereocenters. The summed E-state index contributed by atoms with van der Waals surface area (Å²) in [6.45, 7) is 5.98. The Labute approximate surface area is 305 Å². The van der Waals surface area contributed by atoms with E-state index in [9.17, 15) is 14.4 Å². The molecule has 8 N–H and O–H groups in total. The molecule has 0 aliphatic heterocycles. The summed E-state index contributed by atoms with van der Waals surface area (Å²) in [4.78, 5) is 35.2. The molecule has 2 atom stereocenters. The number of carbonyl (C=O) groups is 3. The molecule has 0 saturated carbocycles. The van der Waals surface area contributed by atoms with Gasteiger partial charge in [0.1, 0.15) is 0 Å². The molecule has 0 rings (SSSR count). The quantitative estimate of drug-likeness (QED) is 0.0123. The van der Waals surface area contributed by atoms with Gasteiger partial charge in [0.15, 0.2) is 6.29 Å². The third-order valence-corrected chi connectivity index (χ3v) is 9.23. The standard InChI is InChI=1S/C38H78N6O6/c1-3-5-7-9-11-13-15-17-19-25-32-49-36(50-33-34(44(42)38(40)47)27-23-24-30-43(41)37(39)46)29-22-20-26-31-48-35(45)28-21-18-16-14-12-10-8-6-4-2/h34,36H,3-33,41-42H2,1-2H3,(H2,39,46)(H2,40,47). The molecule has 12 heteroatoms. The number of esters is 1. The average Bonchev–Trinajstić information content (AvgIpc) is 3.09. The number of unbranched alkanes of at least 4 members (excludes halogenated alkanes) is 20. The van der Waals surface area contributed by atoms with Gasteiger partial charge in [0.25, 0.3) is 0 Å². The SMILES string of the molecule is CCCCCCCCCCCCOC(CCCCCOC(=O)CCCCCCCCCCC)OCC(CCCCN(N)C(N)=O)N(N)C(N)=O. The highest BCUT2D eigenvalue weighted by Crippen LogP contribution is 2.16. The Morgan fingerprint density at radius 2 is 1.02 bits per heavy atom. The minimum Gasteiger partial charge on any atom is -0.466 e. The zero-order valence-corrected chi connectivity index (χ0v) is 32.2. The first-order valence-corrected chi connectivity index (χ1v) is 20.3. The second-order valence-electron chi connectivity index (χ2n) is 13.9. The van der Waals surface area contributed by atoms with Crippen LogP contribution >= 0.6 is 0 Å². The molecular formula is C38H78N6O6. The van der Waals surface area contributed by atoms with Gasteiger partial charge in [0, 0.05) is 19.6 Å². The molecule has 0 spiro atoms. The highest BCUT2D eigenvalue weighted by Gasteiger charge is 2.21. The molecule has 50 heavy (non-hydrogen) atoms. The lowest BCUT2D eigenvalue weighted by atomic mass is 10.1. The molecule has 0 fully saturated rings. The highest BCUT2D eigenvalue weighted by atomic mass is 16.7. The van der Waals surface area contributed by atoms with Gasteiger partial charge < -0.3 is 25.7 Å². The molecule has 0 aromatic heterocycles. The molecule has 0 aliphatic carbocycles. The zero-order valence-electron chi connectivity index (χ0n) is 32.2. The normalized spacial score (nSPS) is 12.5. The van der Waals surface area contributed by atoms with Crippen molar-refractivity contribution < 1.29 is 28.6 Å². The van der Waals surface area contributed by atoms with E-state index in [4.69, 9.17) is 37.4 Å². The van der Waals surface area contributed by atoms with Crippen molar-refractivity contribution in [2.24, 2.45) is 23.2 Å². The number of hydrogen-bond acceptors (Lipinski definition) is 8. The van der Waals surface area contributed by atoms with Crippen LogP contribution in [0.15, 0.2) is 0 Å². The van der Waals surface area contributed by atoms with Crippen molar-refractivity contribution in [2.45, 2.75) is 200 Å². The molecule has 0 saturated heterocycles. The third kappa shape index (κ3) is 30.7. The van der Waals surface area contributed by atoms with E-state index in [0.717, 1.165) is 55.0 Å². The van der Waals surface area contributed by atoms with Crippen LogP contribution in [-0.2, 0) is 19.0 Å². The van der Waals surface area contributed by atoms with Crippen molar-refractivity contribution in [1.82, 2.24) is 10.0 Å². The van der Waals surface area contributed by atoms with E-state index in [2.05, 4.69) is 13.8 Å². The number of rotatable bonds is 37. The Morgan fingerprint density at radius 3 is 1.56 bits per heavy atom. The number of primary amides is 2. The largest absolute Gasteiger partial charge is 0.466 e. The number of amides is 4. The third-order valence-electron chi connectivity index (χ3n) is 9.23. The van der Waals surface area contributed by atoms with Gasteiger partial charge in [-0.1, -0.05) is 123 Å². The van der Waals surface area contributed by atoms with Gasteiger partial charge in [-0.3, -0.25) is 14.8 Å². The Balaban J connectivity index is 4.56. The van der Waals surface area contributed by atoms with Crippen LogP contribution in [0.1, 0.15) is 187 Å². The van der Waals surface area contributed by atoms with Crippen LogP contribution in [0, 0.1) is 0 Å². The number of nitrogens with zero attached hydrogens (tertiary/aromatic N) is 2. The van der Waals surface area contributed by atoms with E-state index in [-0.39, 0.29) is 12.6 Å². The fourth-order valence-corrected chi connectivity index (χ4v) is 5.92. The lowest BCUT2D eigenvalue weighted by molar-refractivity contribution is -0.156. The van der Waals surface area contributed by atoms with E-state index >= 15 is 0 Å². The minimum atomic E-state index is -0.744. The van der Waals surface area contributed by atoms with Crippen LogP contribution in [-0.4, -0.2) is 66.7 Å². The predicted molar refractivity (Wildman–Crippen MR) is 203 cm³/mol. The van der Waals surface area contributed by atoms with Crippen LogP contribution in [0.25, 0.3) is 0 Å². The first-order valence-electron chi connectivity index (χ1n) is 20.3. The number of carbonyl (C=O) groups excluding carboxylic acids is 3. The van der Waals surface area contributed by atoms with Gasteiger partial charge in [-0.05, 0) is 57.8 Å². The summed E-state index contributed by atoms with van der Waals surface area (Å²) in [5.74, 6) is 11.5. The molecule has 0 heterocycles. The van der Waals surface area contributed by atoms with Gasteiger partial charge >= 0.3 is 18.0 Å². The van der Waals surface area contributed by atoms with Crippen molar-refractivity contribution in [3.8, 4) is 0 Å². The average molecular weight is 715 g/mol. The van der Waals surface area contributed by atoms with Crippen molar-refractivity contribution in [3.63, 3.8) is 0 Å². The Kier molecular flexibility index (Phi) is 33.7. The smallest absolute Gasteiger partial charge is 0.329 e. The van der Waals surface area contributed by atoms with Gasteiger partial charge in [-0.25, -0.2) is 21.3 Å². The molecule has 12 nitrogen and oxygen atoms in total. The summed E-state index contributed by atoms with van der Waals surface area (Å²) in [7, 11) is 0. The number of nitrogens with two attached hydrogens (primary N) is 4. The van der Waals surface area contributed by atoms with Crippen LogP contribution in [0.2, 0.25) is 0 Å². The molecule has 4 amide bonds. The lowest BCUT2D eigenvalue weighted by Gasteiger charge is -2.28. The predicted octanol–water partition coefficient (Wildman–Crippen LogP) is 8.34. The maximum Gasteiger partial charge on any atom is 0.329 e. The molecule has 296 valence electrons. The maximum atomic E-state index is 12.1. The van der Waals surface area contributed by atoms with E-state index in [1.807, 2.05) is 0 Å². The Morgan fingerprint density at radius 1 is 0.540 bits per heavy atom. The summed E-state index contributed by atoms with van der Waals surface area (Å²) >= 11 is 0. The topological polar surface area (TPSA) is 189 Å². The van der Waals surface area contributed by atoms with Crippen LogP contribution in [0.5, 0.6) is 0 Å². The maximum absolute atomic E-state index is 12.1. The van der Waals surface area contributed by atoms with Crippen molar-refractivity contribution in [1.29, 1.82) is 0 Å². The van der Waals surface area contributed by atoms with Crippen molar-refractivity contribution in [3.05, 3.63) is 0 Å². The summed E-state index contributed by atoms with van der Waals surface area (Å²) in [5.41, 5.74) is 10.7. The van der Waals surface area contributed by atoms with E-state index in [0.29, 0.717) is 51.9 Å². The molecule has 0 bridgehead atoms. The Bertz CT molecular complexity index is 808. The summed E-state index contributed by atoms with van der Waals surface area (Å²) in [5, 5.41) is 1.95.